The van der Waals surface area contributed by atoms with E-state index in [1.165, 1.54) is 6.08 Å². The third kappa shape index (κ3) is 10.6. The Bertz CT molecular complexity index is 1830. The number of hydrogen-bond donors (Lipinski definition) is 3. The number of benzene rings is 2. The summed E-state index contributed by atoms with van der Waals surface area (Å²) >= 11 is 0. The van der Waals surface area contributed by atoms with Gasteiger partial charge in [-0.25, -0.2) is 14.4 Å². The summed E-state index contributed by atoms with van der Waals surface area (Å²) in [5.74, 6) is 1.16. The number of rotatable bonds is 13. The van der Waals surface area contributed by atoms with E-state index in [4.69, 9.17) is 19.2 Å². The molecule has 3 N–H and O–H groups in total. The average molecular weight is 697 g/mol. The lowest BCUT2D eigenvalue weighted by Gasteiger charge is -2.26. The Morgan fingerprint density at radius 3 is 2.37 bits per heavy atom. The van der Waals surface area contributed by atoms with E-state index < -0.39 is 59.0 Å². The lowest BCUT2D eigenvalue weighted by molar-refractivity contribution is -0.148. The van der Waals surface area contributed by atoms with Gasteiger partial charge in [0.25, 0.3) is 0 Å². The number of pyridine rings is 1. The van der Waals surface area contributed by atoms with Crippen LogP contribution in [0.1, 0.15) is 64.6 Å². The quantitative estimate of drug-likeness (QED) is 0.0770. The molecule has 4 rings (SSSR count). The molecule has 1 heterocycles. The molecule has 0 aliphatic heterocycles. The summed E-state index contributed by atoms with van der Waals surface area (Å²) < 4.78 is 15.8. The molecular formula is C39H44N4O8. The summed E-state index contributed by atoms with van der Waals surface area (Å²) in [7, 11) is 0. The Hall–Kier alpha value is -5.70. The Labute approximate surface area is 297 Å². The molecule has 3 aromatic rings. The maximum absolute atomic E-state index is 14.2. The molecule has 1 aliphatic carbocycles. The van der Waals surface area contributed by atoms with E-state index in [2.05, 4.69) is 34.4 Å². The highest BCUT2D eigenvalue weighted by Crippen LogP contribution is 2.51. The van der Waals surface area contributed by atoms with Gasteiger partial charge in [-0.2, -0.15) is 0 Å². The number of nitrogens with zero attached hydrogens (tertiary/aromatic N) is 1. The summed E-state index contributed by atoms with van der Waals surface area (Å²) in [5.41, 5.74) is -0.357. The number of ether oxygens (including phenoxy) is 3. The number of carbonyl (C=O) groups excluding carboxylic acids is 5. The molecule has 0 saturated heterocycles. The number of carbonyl (C=O) groups is 5. The molecule has 1 aromatic heterocycles. The standard InChI is InChI=1S/C39H44N4O8/c1-7-22-49-35(46)33(25(2)3)42-36(47)39(23-28(39)30-21-20-27-16-11-12-17-29(27)40-30)43-34(45)31(18-13-19-32(44)51-38(4,5)6)41-37(48)50-24-26-14-9-8-10-15-26/h7-12,14-17,20-21,25,28,31,33H,1,18,22-24H2,2-6H3,(H,41,48)(H,42,47)(H,43,45)/t28-,31-,33?,39+/m0/s1. The molecule has 1 aliphatic rings. The molecule has 51 heavy (non-hydrogen) atoms. The van der Waals surface area contributed by atoms with Gasteiger partial charge < -0.3 is 30.2 Å². The van der Waals surface area contributed by atoms with E-state index in [9.17, 15) is 24.0 Å². The molecule has 0 bridgehead atoms. The fourth-order valence-corrected chi connectivity index (χ4v) is 5.29. The van der Waals surface area contributed by atoms with Crippen molar-refractivity contribution in [3.63, 3.8) is 0 Å². The van der Waals surface area contributed by atoms with Crippen molar-refractivity contribution < 1.29 is 38.2 Å². The molecule has 1 unspecified atom stereocenters. The van der Waals surface area contributed by atoms with Gasteiger partial charge in [0.05, 0.1) is 5.52 Å². The number of para-hydroxylation sites is 1. The molecule has 2 aromatic carbocycles. The maximum Gasteiger partial charge on any atom is 0.408 e. The maximum atomic E-state index is 14.2. The monoisotopic (exact) mass is 696 g/mol. The van der Waals surface area contributed by atoms with Crippen LogP contribution in [0.4, 0.5) is 4.79 Å². The Balaban J connectivity index is 1.62. The molecule has 4 atom stereocenters. The molecule has 1 fully saturated rings. The number of fused-ring (bicyclic) bond motifs is 1. The predicted octanol–water partition coefficient (Wildman–Crippen LogP) is 4.48. The number of alkyl carbamates (subject to hydrolysis) is 1. The van der Waals surface area contributed by atoms with Crippen LogP contribution in [0.2, 0.25) is 0 Å². The highest BCUT2D eigenvalue weighted by molar-refractivity contribution is 5.99. The number of aromatic nitrogens is 1. The second kappa shape index (κ2) is 16.8. The van der Waals surface area contributed by atoms with Crippen LogP contribution < -0.4 is 16.0 Å². The SMILES string of the molecule is C=CCOC(=O)C(NC(=O)[C@@]1(NC(=O)[C@H](CC#CC(=O)OC(C)(C)C)NC(=O)OCc2ccccc2)C[C@H]1c1ccc2ccccc2n1)C(C)C. The first-order valence-corrected chi connectivity index (χ1v) is 16.7. The number of amides is 3. The van der Waals surface area contributed by atoms with Gasteiger partial charge >= 0.3 is 18.0 Å². The predicted molar refractivity (Wildman–Crippen MR) is 190 cm³/mol. The highest BCUT2D eigenvalue weighted by atomic mass is 16.6. The van der Waals surface area contributed by atoms with Crippen LogP contribution in [0.15, 0.2) is 79.4 Å². The second-order valence-corrected chi connectivity index (χ2v) is 13.5. The van der Waals surface area contributed by atoms with Crippen LogP contribution in [0.5, 0.6) is 0 Å². The fraction of sp³-hybridized carbons (Fsp3) is 0.385. The first-order valence-electron chi connectivity index (χ1n) is 16.7. The van der Waals surface area contributed by atoms with Crippen molar-refractivity contribution in [2.24, 2.45) is 5.92 Å². The van der Waals surface area contributed by atoms with Crippen molar-refractivity contribution in [1.29, 1.82) is 0 Å². The van der Waals surface area contributed by atoms with Gasteiger partial charge in [-0.1, -0.05) is 87.0 Å². The van der Waals surface area contributed by atoms with Gasteiger partial charge in [0, 0.05) is 29.3 Å². The largest absolute Gasteiger partial charge is 0.460 e. The third-order valence-electron chi connectivity index (χ3n) is 7.96. The van der Waals surface area contributed by atoms with Crippen LogP contribution in [0.25, 0.3) is 10.9 Å². The van der Waals surface area contributed by atoms with E-state index in [0.29, 0.717) is 11.2 Å². The summed E-state index contributed by atoms with van der Waals surface area (Å²) in [4.78, 5) is 71.1. The molecule has 1 saturated carbocycles. The minimum absolute atomic E-state index is 0.0402. The molecule has 0 spiro atoms. The van der Waals surface area contributed by atoms with Gasteiger partial charge in [0.15, 0.2) is 0 Å². The van der Waals surface area contributed by atoms with Crippen molar-refractivity contribution in [2.45, 2.75) is 83.2 Å². The molecule has 3 amide bonds. The zero-order valence-corrected chi connectivity index (χ0v) is 29.5. The van der Waals surface area contributed by atoms with Crippen molar-refractivity contribution >= 4 is 40.7 Å². The van der Waals surface area contributed by atoms with Gasteiger partial charge in [-0.3, -0.25) is 14.6 Å². The van der Waals surface area contributed by atoms with Crippen molar-refractivity contribution in [1.82, 2.24) is 20.9 Å². The van der Waals surface area contributed by atoms with E-state index in [0.717, 1.165) is 10.9 Å². The Morgan fingerprint density at radius 2 is 1.69 bits per heavy atom. The molecule has 12 heteroatoms. The second-order valence-electron chi connectivity index (χ2n) is 13.5. The Kier molecular flexibility index (Phi) is 12.6. The lowest BCUT2D eigenvalue weighted by atomic mass is 10.0. The van der Waals surface area contributed by atoms with Crippen LogP contribution in [-0.2, 0) is 40.0 Å². The van der Waals surface area contributed by atoms with Gasteiger partial charge in [0.2, 0.25) is 11.8 Å². The fourth-order valence-electron chi connectivity index (χ4n) is 5.29. The van der Waals surface area contributed by atoms with E-state index >= 15 is 0 Å². The number of nitrogens with one attached hydrogen (secondary N) is 3. The smallest absolute Gasteiger partial charge is 0.408 e. The summed E-state index contributed by atoms with van der Waals surface area (Å²) in [5, 5.41) is 9.02. The van der Waals surface area contributed by atoms with Crippen LogP contribution in [0.3, 0.4) is 0 Å². The zero-order chi connectivity index (χ0) is 37.2. The van der Waals surface area contributed by atoms with Gasteiger partial charge in [0.1, 0.15) is 36.4 Å². The summed E-state index contributed by atoms with van der Waals surface area (Å²) in [6.45, 7) is 12.0. The molecular weight excluding hydrogens is 652 g/mol. The number of hydrogen-bond acceptors (Lipinski definition) is 9. The first kappa shape index (κ1) is 38.1. The van der Waals surface area contributed by atoms with E-state index in [1.807, 2.05) is 36.4 Å². The topological polar surface area (TPSA) is 162 Å². The van der Waals surface area contributed by atoms with Gasteiger partial charge in [-0.15, -0.1) is 0 Å². The highest BCUT2D eigenvalue weighted by Gasteiger charge is 2.63. The van der Waals surface area contributed by atoms with Crippen LogP contribution >= 0.6 is 0 Å². The molecule has 268 valence electrons. The average Bonchev–Trinajstić information content (AvgIpc) is 3.82. The normalized spacial score (nSPS) is 17.5. The minimum atomic E-state index is -1.55. The van der Waals surface area contributed by atoms with Crippen molar-refractivity contribution in [3.05, 3.63) is 90.6 Å². The minimum Gasteiger partial charge on any atom is -0.460 e. The summed E-state index contributed by atoms with van der Waals surface area (Å²) in [6.07, 6.45) is 0.345. The van der Waals surface area contributed by atoms with Crippen molar-refractivity contribution in [3.8, 4) is 11.8 Å². The van der Waals surface area contributed by atoms with Crippen LogP contribution in [-0.4, -0.2) is 64.7 Å². The first-order chi connectivity index (χ1) is 24.2. The van der Waals surface area contributed by atoms with Crippen molar-refractivity contribution in [2.75, 3.05) is 6.61 Å². The van der Waals surface area contributed by atoms with E-state index in [-0.39, 0.29) is 32.0 Å². The third-order valence-corrected chi connectivity index (χ3v) is 7.96. The zero-order valence-electron chi connectivity index (χ0n) is 29.5. The molecule has 0 radical (unpaired) electrons. The van der Waals surface area contributed by atoms with Gasteiger partial charge in [-0.05, 0) is 50.8 Å². The Morgan fingerprint density at radius 1 is 0.980 bits per heavy atom. The molecule has 12 nitrogen and oxygen atoms in total. The van der Waals surface area contributed by atoms with E-state index in [1.54, 1.807) is 65.0 Å². The number of esters is 2. The van der Waals surface area contributed by atoms with Crippen LogP contribution in [0, 0.1) is 17.8 Å². The lowest BCUT2D eigenvalue weighted by Crippen LogP contribution is -2.58. The summed E-state index contributed by atoms with van der Waals surface area (Å²) in [6, 6.07) is 17.7.